The van der Waals surface area contributed by atoms with Gasteiger partial charge >= 0.3 is 0 Å². The molecule has 1 N–H and O–H groups in total. The lowest BCUT2D eigenvalue weighted by atomic mass is 10.2. The summed E-state index contributed by atoms with van der Waals surface area (Å²) < 4.78 is 2.11. The fourth-order valence-electron chi connectivity index (χ4n) is 2.16. The van der Waals surface area contributed by atoms with Crippen LogP contribution in [0.4, 0.5) is 0 Å². The van der Waals surface area contributed by atoms with Crippen molar-refractivity contribution >= 4 is 11.3 Å². The molecule has 0 fully saturated rings. The molecular formula is C13H20N4S. The van der Waals surface area contributed by atoms with Gasteiger partial charge in [-0.1, -0.05) is 0 Å². The summed E-state index contributed by atoms with van der Waals surface area (Å²) in [6.45, 7) is 8.11. The van der Waals surface area contributed by atoms with Gasteiger partial charge in [0.1, 0.15) is 0 Å². The van der Waals surface area contributed by atoms with Crippen molar-refractivity contribution in [3.8, 4) is 0 Å². The van der Waals surface area contributed by atoms with Gasteiger partial charge in [0, 0.05) is 35.6 Å². The van der Waals surface area contributed by atoms with E-state index in [2.05, 4.69) is 40.9 Å². The lowest BCUT2D eigenvalue weighted by molar-refractivity contribution is 0.594. The van der Waals surface area contributed by atoms with Crippen molar-refractivity contribution in [1.82, 2.24) is 20.1 Å². The lowest BCUT2D eigenvalue weighted by Crippen LogP contribution is -2.08. The monoisotopic (exact) mass is 264 g/mol. The molecule has 0 aliphatic heterocycles. The maximum absolute atomic E-state index is 4.62. The van der Waals surface area contributed by atoms with Crippen LogP contribution in [-0.4, -0.2) is 21.8 Å². The predicted octanol–water partition coefficient (Wildman–Crippen LogP) is 2.23. The van der Waals surface area contributed by atoms with Gasteiger partial charge < -0.3 is 5.32 Å². The van der Waals surface area contributed by atoms with Crippen LogP contribution in [0.5, 0.6) is 0 Å². The molecule has 98 valence electrons. The minimum absolute atomic E-state index is 0.886. The minimum Gasteiger partial charge on any atom is -0.316 e. The SMILES string of the molecule is CNCc1c(C)nn(CCc2scnc2C)c1C. The summed E-state index contributed by atoms with van der Waals surface area (Å²) in [4.78, 5) is 5.64. The second-order valence-electron chi connectivity index (χ2n) is 4.51. The van der Waals surface area contributed by atoms with Crippen LogP contribution < -0.4 is 5.32 Å². The molecule has 2 aromatic heterocycles. The first-order valence-electron chi connectivity index (χ1n) is 6.20. The zero-order valence-electron chi connectivity index (χ0n) is 11.4. The van der Waals surface area contributed by atoms with Crippen LogP contribution in [0.15, 0.2) is 5.51 Å². The summed E-state index contributed by atoms with van der Waals surface area (Å²) in [6.07, 6.45) is 1.01. The molecule has 0 saturated carbocycles. The molecule has 0 aliphatic rings. The van der Waals surface area contributed by atoms with E-state index in [1.54, 1.807) is 11.3 Å². The molecule has 2 heterocycles. The maximum atomic E-state index is 4.62. The molecule has 0 aromatic carbocycles. The largest absolute Gasteiger partial charge is 0.316 e. The van der Waals surface area contributed by atoms with Gasteiger partial charge in [-0.3, -0.25) is 4.68 Å². The number of hydrogen-bond acceptors (Lipinski definition) is 4. The summed E-state index contributed by atoms with van der Waals surface area (Å²) >= 11 is 1.73. The third-order valence-corrected chi connectivity index (χ3v) is 4.28. The Hall–Kier alpha value is -1.20. The van der Waals surface area contributed by atoms with Gasteiger partial charge in [0.05, 0.1) is 16.9 Å². The Kier molecular flexibility index (Phi) is 4.14. The molecule has 18 heavy (non-hydrogen) atoms. The summed E-state index contributed by atoms with van der Waals surface area (Å²) in [7, 11) is 1.97. The van der Waals surface area contributed by atoms with Crippen LogP contribution in [0.3, 0.4) is 0 Å². The van der Waals surface area contributed by atoms with Crippen molar-refractivity contribution in [2.75, 3.05) is 7.05 Å². The van der Waals surface area contributed by atoms with Crippen molar-refractivity contribution in [1.29, 1.82) is 0 Å². The summed E-state index contributed by atoms with van der Waals surface area (Å²) in [6, 6.07) is 0. The van der Waals surface area contributed by atoms with Gasteiger partial charge in [0.15, 0.2) is 0 Å². The molecule has 0 unspecified atom stereocenters. The summed E-state index contributed by atoms with van der Waals surface area (Å²) in [5, 5.41) is 7.82. The molecule has 2 rings (SSSR count). The Morgan fingerprint density at radius 2 is 2.06 bits per heavy atom. The highest BCUT2D eigenvalue weighted by atomic mass is 32.1. The molecule has 0 saturated heterocycles. The molecular weight excluding hydrogens is 244 g/mol. The Labute approximate surface area is 112 Å². The van der Waals surface area contributed by atoms with E-state index in [-0.39, 0.29) is 0 Å². The van der Waals surface area contributed by atoms with E-state index in [0.717, 1.165) is 30.9 Å². The second-order valence-corrected chi connectivity index (χ2v) is 5.45. The third kappa shape index (κ3) is 2.62. The van der Waals surface area contributed by atoms with Crippen molar-refractivity contribution in [2.24, 2.45) is 0 Å². The number of aromatic nitrogens is 3. The van der Waals surface area contributed by atoms with E-state index in [1.807, 2.05) is 12.6 Å². The molecule has 0 atom stereocenters. The minimum atomic E-state index is 0.886. The van der Waals surface area contributed by atoms with E-state index in [1.165, 1.54) is 16.1 Å². The Morgan fingerprint density at radius 1 is 1.28 bits per heavy atom. The van der Waals surface area contributed by atoms with E-state index in [9.17, 15) is 0 Å². The molecule has 0 spiro atoms. The first-order valence-corrected chi connectivity index (χ1v) is 7.08. The van der Waals surface area contributed by atoms with Crippen molar-refractivity contribution < 1.29 is 0 Å². The quantitative estimate of drug-likeness (QED) is 0.900. The van der Waals surface area contributed by atoms with Gasteiger partial charge in [-0.25, -0.2) is 4.98 Å². The zero-order chi connectivity index (χ0) is 13.1. The average molecular weight is 264 g/mol. The van der Waals surface area contributed by atoms with Gasteiger partial charge in [-0.15, -0.1) is 11.3 Å². The number of nitrogens with zero attached hydrogens (tertiary/aromatic N) is 3. The van der Waals surface area contributed by atoms with Crippen LogP contribution in [0.1, 0.15) is 27.5 Å². The first-order chi connectivity index (χ1) is 8.63. The van der Waals surface area contributed by atoms with Crippen molar-refractivity contribution in [3.63, 3.8) is 0 Å². The number of hydrogen-bond donors (Lipinski definition) is 1. The molecule has 0 aliphatic carbocycles. The Balaban J connectivity index is 2.10. The van der Waals surface area contributed by atoms with Gasteiger partial charge in [0.25, 0.3) is 0 Å². The number of thiazole rings is 1. The van der Waals surface area contributed by atoms with E-state index in [4.69, 9.17) is 0 Å². The molecule has 0 bridgehead atoms. The van der Waals surface area contributed by atoms with Gasteiger partial charge in [-0.05, 0) is 27.8 Å². The van der Waals surface area contributed by atoms with E-state index >= 15 is 0 Å². The predicted molar refractivity (Wildman–Crippen MR) is 75.0 cm³/mol. The van der Waals surface area contributed by atoms with Crippen molar-refractivity contribution in [3.05, 3.63) is 33.0 Å². The number of rotatable bonds is 5. The maximum Gasteiger partial charge on any atom is 0.0797 e. The lowest BCUT2D eigenvalue weighted by Gasteiger charge is -2.05. The smallest absolute Gasteiger partial charge is 0.0797 e. The highest BCUT2D eigenvalue weighted by Gasteiger charge is 2.11. The standard InChI is InChI=1S/C13H20N4S/c1-9-12(7-14-4)11(3)17(16-9)6-5-13-10(2)15-8-18-13/h8,14H,5-7H2,1-4H3. The van der Waals surface area contributed by atoms with E-state index in [0.29, 0.717) is 0 Å². The summed E-state index contributed by atoms with van der Waals surface area (Å²) in [5.41, 5.74) is 6.78. The van der Waals surface area contributed by atoms with Crippen LogP contribution in [0.2, 0.25) is 0 Å². The Bertz CT molecular complexity index is 527. The van der Waals surface area contributed by atoms with Gasteiger partial charge in [0.2, 0.25) is 0 Å². The molecule has 5 heteroatoms. The van der Waals surface area contributed by atoms with Crippen LogP contribution in [-0.2, 0) is 19.5 Å². The first kappa shape index (κ1) is 13.2. The highest BCUT2D eigenvalue weighted by molar-refractivity contribution is 7.09. The van der Waals surface area contributed by atoms with E-state index < -0.39 is 0 Å². The third-order valence-electron chi connectivity index (χ3n) is 3.28. The topological polar surface area (TPSA) is 42.7 Å². The molecule has 2 aromatic rings. The zero-order valence-corrected chi connectivity index (χ0v) is 12.3. The number of aryl methyl sites for hydroxylation is 4. The summed E-state index contributed by atoms with van der Waals surface area (Å²) in [5.74, 6) is 0. The average Bonchev–Trinajstić information content (AvgIpc) is 2.86. The fraction of sp³-hybridized carbons (Fsp3) is 0.538. The van der Waals surface area contributed by atoms with Crippen LogP contribution in [0, 0.1) is 20.8 Å². The second kappa shape index (κ2) is 5.63. The van der Waals surface area contributed by atoms with Crippen LogP contribution >= 0.6 is 11.3 Å². The van der Waals surface area contributed by atoms with Crippen molar-refractivity contribution in [2.45, 2.75) is 40.3 Å². The number of nitrogens with one attached hydrogen (secondary N) is 1. The Morgan fingerprint density at radius 3 is 2.67 bits per heavy atom. The van der Waals surface area contributed by atoms with Crippen LogP contribution in [0.25, 0.3) is 0 Å². The normalized spacial score (nSPS) is 11.1. The van der Waals surface area contributed by atoms with Gasteiger partial charge in [-0.2, -0.15) is 5.10 Å². The molecule has 4 nitrogen and oxygen atoms in total. The fourth-order valence-corrected chi connectivity index (χ4v) is 2.93. The highest BCUT2D eigenvalue weighted by Crippen LogP contribution is 2.16. The molecule has 0 amide bonds. The molecule has 0 radical (unpaired) electrons.